The van der Waals surface area contributed by atoms with Crippen LogP contribution in [0.25, 0.3) is 0 Å². The van der Waals surface area contributed by atoms with Crippen molar-refractivity contribution in [2.24, 2.45) is 5.92 Å². The van der Waals surface area contributed by atoms with Crippen LogP contribution in [-0.4, -0.2) is 37.3 Å². The molecule has 5 nitrogen and oxygen atoms in total. The van der Waals surface area contributed by atoms with Crippen LogP contribution in [0.15, 0.2) is 23.4 Å². The Labute approximate surface area is 127 Å². The number of hydrogen-bond donors (Lipinski definition) is 1. The Morgan fingerprint density at radius 1 is 1.43 bits per heavy atom. The molecular formula is C15H25N3O2S. The second kappa shape index (κ2) is 6.85. The van der Waals surface area contributed by atoms with Crippen molar-refractivity contribution in [1.82, 2.24) is 14.6 Å². The van der Waals surface area contributed by atoms with Crippen LogP contribution in [0, 0.1) is 5.92 Å². The summed E-state index contributed by atoms with van der Waals surface area (Å²) in [4.78, 5) is 4.13. The zero-order valence-electron chi connectivity index (χ0n) is 13.0. The summed E-state index contributed by atoms with van der Waals surface area (Å²) in [7, 11) is -1.86. The number of rotatable bonds is 8. The molecule has 6 heteroatoms. The second-order valence-electron chi connectivity index (χ2n) is 5.96. The summed E-state index contributed by atoms with van der Waals surface area (Å²) in [5, 5.41) is 3.52. The molecule has 0 amide bonds. The van der Waals surface area contributed by atoms with Gasteiger partial charge in [0.1, 0.15) is 0 Å². The lowest BCUT2D eigenvalue weighted by Gasteiger charge is -2.20. The van der Waals surface area contributed by atoms with Gasteiger partial charge in [-0.1, -0.05) is 26.3 Å². The maximum Gasteiger partial charge on any atom is 0.260 e. The lowest BCUT2D eigenvalue weighted by atomic mass is 10.1. The lowest BCUT2D eigenvalue weighted by Crippen LogP contribution is -2.31. The van der Waals surface area contributed by atoms with E-state index in [1.54, 1.807) is 19.3 Å². The quantitative estimate of drug-likeness (QED) is 0.797. The molecule has 0 saturated heterocycles. The molecule has 0 bridgehead atoms. The monoisotopic (exact) mass is 311 g/mol. The topological polar surface area (TPSA) is 62.3 Å². The smallest absolute Gasteiger partial charge is 0.260 e. The Kier molecular flexibility index (Phi) is 5.35. The third kappa shape index (κ3) is 4.49. The molecule has 1 heterocycles. The number of sulfonamides is 1. The van der Waals surface area contributed by atoms with Gasteiger partial charge in [-0.05, 0) is 30.4 Å². The molecule has 0 aromatic carbocycles. The van der Waals surface area contributed by atoms with Gasteiger partial charge in [0.2, 0.25) is 0 Å². The van der Waals surface area contributed by atoms with E-state index in [0.717, 1.165) is 18.5 Å². The molecular weight excluding hydrogens is 286 g/mol. The summed E-state index contributed by atoms with van der Waals surface area (Å²) in [6, 6.07) is 4.08. The van der Waals surface area contributed by atoms with E-state index in [-0.39, 0.29) is 5.03 Å². The molecule has 0 radical (unpaired) electrons. The maximum absolute atomic E-state index is 12.4. The first-order chi connectivity index (χ1) is 9.93. The number of nitrogens with one attached hydrogen (secondary N) is 1. The fourth-order valence-corrected chi connectivity index (χ4v) is 3.24. The highest BCUT2D eigenvalue weighted by Gasteiger charge is 2.23. The van der Waals surface area contributed by atoms with Crippen molar-refractivity contribution in [2.75, 3.05) is 13.6 Å². The highest BCUT2D eigenvalue weighted by Crippen LogP contribution is 2.19. The number of pyridine rings is 1. The molecule has 1 unspecified atom stereocenters. The van der Waals surface area contributed by atoms with Crippen LogP contribution in [-0.2, 0) is 16.6 Å². The molecule has 1 saturated carbocycles. The SMILES string of the molecule is CCC(C)CN(C)S(=O)(=O)c1ccc(CNC2CC2)cn1. The van der Waals surface area contributed by atoms with E-state index in [1.807, 2.05) is 13.0 Å². The molecule has 118 valence electrons. The van der Waals surface area contributed by atoms with Gasteiger partial charge >= 0.3 is 0 Å². The molecule has 0 spiro atoms. The Balaban J connectivity index is 2.01. The summed E-state index contributed by atoms with van der Waals surface area (Å²) in [6.07, 6.45) is 5.08. The minimum absolute atomic E-state index is 0.128. The van der Waals surface area contributed by atoms with Crippen LogP contribution in [0.2, 0.25) is 0 Å². The van der Waals surface area contributed by atoms with Crippen LogP contribution in [0.4, 0.5) is 0 Å². The van der Waals surface area contributed by atoms with Gasteiger partial charge in [-0.25, -0.2) is 13.4 Å². The van der Waals surface area contributed by atoms with E-state index < -0.39 is 10.0 Å². The predicted octanol–water partition coefficient (Wildman–Crippen LogP) is 2.00. The van der Waals surface area contributed by atoms with Crippen LogP contribution < -0.4 is 5.32 Å². The summed E-state index contributed by atoms with van der Waals surface area (Å²) in [5.74, 6) is 0.340. The fraction of sp³-hybridized carbons (Fsp3) is 0.667. The summed E-state index contributed by atoms with van der Waals surface area (Å²) < 4.78 is 26.2. The van der Waals surface area contributed by atoms with E-state index in [9.17, 15) is 8.42 Å². The van der Waals surface area contributed by atoms with Crippen LogP contribution in [0.5, 0.6) is 0 Å². The first-order valence-electron chi connectivity index (χ1n) is 7.58. The largest absolute Gasteiger partial charge is 0.310 e. The molecule has 1 N–H and O–H groups in total. The Bertz CT molecular complexity index is 553. The first-order valence-corrected chi connectivity index (χ1v) is 9.02. The van der Waals surface area contributed by atoms with Crippen molar-refractivity contribution in [3.63, 3.8) is 0 Å². The average Bonchev–Trinajstić information content (AvgIpc) is 3.29. The Morgan fingerprint density at radius 3 is 2.67 bits per heavy atom. The maximum atomic E-state index is 12.4. The molecule has 1 aromatic rings. The molecule has 1 atom stereocenters. The zero-order valence-corrected chi connectivity index (χ0v) is 13.9. The zero-order chi connectivity index (χ0) is 15.5. The average molecular weight is 311 g/mol. The van der Waals surface area contributed by atoms with Crippen molar-refractivity contribution >= 4 is 10.0 Å². The molecule has 21 heavy (non-hydrogen) atoms. The van der Waals surface area contributed by atoms with Crippen LogP contribution in [0.1, 0.15) is 38.7 Å². The normalized spacial score (nSPS) is 17.1. The van der Waals surface area contributed by atoms with Gasteiger partial charge in [0.05, 0.1) is 0 Å². The number of hydrogen-bond acceptors (Lipinski definition) is 4. The molecule has 1 fully saturated rings. The second-order valence-corrected chi connectivity index (χ2v) is 7.95. The van der Waals surface area contributed by atoms with E-state index in [2.05, 4.69) is 17.2 Å². The molecule has 2 rings (SSSR count). The molecule has 0 aliphatic heterocycles. The lowest BCUT2D eigenvalue weighted by molar-refractivity contribution is 0.392. The van der Waals surface area contributed by atoms with E-state index >= 15 is 0 Å². The third-order valence-corrected chi connectivity index (χ3v) is 5.65. The third-order valence-electron chi connectivity index (χ3n) is 3.91. The molecule has 1 aromatic heterocycles. The number of aromatic nitrogens is 1. The van der Waals surface area contributed by atoms with Crippen LogP contribution >= 0.6 is 0 Å². The minimum atomic E-state index is -3.48. The van der Waals surface area contributed by atoms with Crippen molar-refractivity contribution < 1.29 is 8.42 Å². The fourth-order valence-electron chi connectivity index (χ4n) is 2.04. The predicted molar refractivity (Wildman–Crippen MR) is 83.4 cm³/mol. The van der Waals surface area contributed by atoms with Gasteiger partial charge < -0.3 is 5.32 Å². The highest BCUT2D eigenvalue weighted by atomic mass is 32.2. The van der Waals surface area contributed by atoms with Gasteiger partial charge in [-0.15, -0.1) is 0 Å². The van der Waals surface area contributed by atoms with Crippen molar-refractivity contribution in [3.8, 4) is 0 Å². The van der Waals surface area contributed by atoms with Gasteiger partial charge in [-0.3, -0.25) is 0 Å². The van der Waals surface area contributed by atoms with Crippen molar-refractivity contribution in [1.29, 1.82) is 0 Å². The molecule has 1 aliphatic carbocycles. The van der Waals surface area contributed by atoms with Gasteiger partial charge in [0, 0.05) is 32.4 Å². The van der Waals surface area contributed by atoms with E-state index in [4.69, 9.17) is 0 Å². The number of nitrogens with zero attached hydrogens (tertiary/aromatic N) is 2. The summed E-state index contributed by atoms with van der Waals surface area (Å²) >= 11 is 0. The first kappa shape index (κ1) is 16.4. The minimum Gasteiger partial charge on any atom is -0.310 e. The van der Waals surface area contributed by atoms with E-state index in [0.29, 0.717) is 18.5 Å². The Morgan fingerprint density at radius 2 is 2.14 bits per heavy atom. The van der Waals surface area contributed by atoms with Gasteiger partial charge in [-0.2, -0.15) is 4.31 Å². The van der Waals surface area contributed by atoms with Crippen molar-refractivity contribution in [3.05, 3.63) is 23.9 Å². The standard InChI is InChI=1S/C15H25N3O2S/c1-4-12(2)11-18(3)21(19,20)15-8-5-13(10-17-15)9-16-14-6-7-14/h5,8,10,12,14,16H,4,6-7,9,11H2,1-3H3. The van der Waals surface area contributed by atoms with Gasteiger partial charge in [0.15, 0.2) is 5.03 Å². The van der Waals surface area contributed by atoms with E-state index in [1.165, 1.54) is 17.1 Å². The van der Waals surface area contributed by atoms with Gasteiger partial charge in [0.25, 0.3) is 10.0 Å². The van der Waals surface area contributed by atoms with Crippen LogP contribution in [0.3, 0.4) is 0 Å². The Hall–Kier alpha value is -0.980. The van der Waals surface area contributed by atoms with Crippen molar-refractivity contribution in [2.45, 2.75) is 50.7 Å². The summed E-state index contributed by atoms with van der Waals surface area (Å²) in [5.41, 5.74) is 1.02. The summed E-state index contributed by atoms with van der Waals surface area (Å²) in [6.45, 7) is 5.38. The highest BCUT2D eigenvalue weighted by molar-refractivity contribution is 7.89. The molecule has 1 aliphatic rings.